The first-order valence-corrected chi connectivity index (χ1v) is 14.1. The molecule has 1 amide bonds. The molecule has 5 aromatic rings. The number of aryl methyl sites for hydroxylation is 1. The first-order chi connectivity index (χ1) is 21.5. The maximum absolute atomic E-state index is 14.1. The highest BCUT2D eigenvalue weighted by atomic mass is 19.1. The summed E-state index contributed by atoms with van der Waals surface area (Å²) >= 11 is 0. The number of primary amides is 1. The molecule has 0 fully saturated rings. The minimum absolute atomic E-state index is 0.0351. The van der Waals surface area contributed by atoms with Crippen LogP contribution in [0.3, 0.4) is 0 Å². The summed E-state index contributed by atoms with van der Waals surface area (Å²) in [5.74, 6) is -1.91. The number of ether oxygens (including phenoxy) is 1. The first-order valence-electron chi connectivity index (χ1n) is 14.1. The third-order valence-corrected chi connectivity index (χ3v) is 7.42. The number of carbonyl (C=O) groups excluding carboxylic acids is 1. The number of carbonyl (C=O) groups is 1. The lowest BCUT2D eigenvalue weighted by molar-refractivity contribution is -0.118. The molecule has 2 aromatic carbocycles. The van der Waals surface area contributed by atoms with Crippen LogP contribution >= 0.6 is 0 Å². The topological polar surface area (TPSA) is 192 Å². The predicted molar refractivity (Wildman–Crippen MR) is 162 cm³/mol. The van der Waals surface area contributed by atoms with Gasteiger partial charge < -0.3 is 25.3 Å². The smallest absolute Gasteiger partial charge is 0.348 e. The van der Waals surface area contributed by atoms with Crippen LogP contribution in [0, 0.1) is 5.82 Å². The molecule has 15 heteroatoms. The molecule has 5 rings (SSSR count). The van der Waals surface area contributed by atoms with Crippen molar-refractivity contribution in [3.8, 4) is 28.6 Å². The molecule has 0 saturated heterocycles. The SMILES string of the molecule is CC(C)c1cc(-c2n[nH]c(=O)n2-c2ccc3c(ccn3CCOCCn3c(=O)c(F)cn(CCC(N)=O)c3=O)c2)c(O)cc1O. The van der Waals surface area contributed by atoms with Crippen LogP contribution in [0.1, 0.15) is 31.7 Å². The average molecular weight is 622 g/mol. The molecule has 0 saturated carbocycles. The number of hydrogen-bond acceptors (Lipinski definition) is 8. The number of amides is 1. The van der Waals surface area contributed by atoms with E-state index >= 15 is 0 Å². The van der Waals surface area contributed by atoms with Gasteiger partial charge in [0.15, 0.2) is 5.82 Å². The summed E-state index contributed by atoms with van der Waals surface area (Å²) in [4.78, 5) is 48.6. The van der Waals surface area contributed by atoms with Crippen molar-refractivity contribution < 1.29 is 24.1 Å². The van der Waals surface area contributed by atoms with E-state index in [1.54, 1.807) is 18.2 Å². The van der Waals surface area contributed by atoms with E-state index in [-0.39, 0.29) is 61.5 Å². The van der Waals surface area contributed by atoms with Gasteiger partial charge in [-0.1, -0.05) is 13.8 Å². The molecule has 0 aliphatic rings. The van der Waals surface area contributed by atoms with Crippen LogP contribution in [-0.2, 0) is 29.2 Å². The zero-order valence-electron chi connectivity index (χ0n) is 24.6. The maximum Gasteiger partial charge on any atom is 0.348 e. The Morgan fingerprint density at radius 1 is 1.02 bits per heavy atom. The minimum atomic E-state index is -1.12. The second-order valence-electron chi connectivity index (χ2n) is 10.8. The molecule has 5 N–H and O–H groups in total. The van der Waals surface area contributed by atoms with E-state index in [0.717, 1.165) is 26.2 Å². The normalized spacial score (nSPS) is 11.6. The zero-order valence-corrected chi connectivity index (χ0v) is 24.6. The Morgan fingerprint density at radius 2 is 1.78 bits per heavy atom. The van der Waals surface area contributed by atoms with E-state index in [0.29, 0.717) is 17.8 Å². The Morgan fingerprint density at radius 3 is 2.51 bits per heavy atom. The monoisotopic (exact) mass is 621 g/mol. The number of hydrogen-bond donors (Lipinski definition) is 4. The van der Waals surface area contributed by atoms with Crippen LogP contribution < -0.4 is 22.7 Å². The van der Waals surface area contributed by atoms with Gasteiger partial charge in [-0.2, -0.15) is 9.49 Å². The lowest BCUT2D eigenvalue weighted by Gasteiger charge is -2.13. The molecule has 0 bridgehead atoms. The average Bonchev–Trinajstić information content (AvgIpc) is 3.57. The fourth-order valence-corrected chi connectivity index (χ4v) is 5.10. The summed E-state index contributed by atoms with van der Waals surface area (Å²) < 4.78 is 24.6. The molecule has 3 heterocycles. The number of phenolic OH excluding ortho intramolecular Hbond substituents is 2. The van der Waals surface area contributed by atoms with Crippen molar-refractivity contribution in [2.75, 3.05) is 13.2 Å². The van der Waals surface area contributed by atoms with Gasteiger partial charge in [-0.3, -0.25) is 18.7 Å². The van der Waals surface area contributed by atoms with Crippen LogP contribution in [-0.4, -0.2) is 57.8 Å². The summed E-state index contributed by atoms with van der Waals surface area (Å²) in [6.07, 6.45) is 2.42. The van der Waals surface area contributed by atoms with E-state index in [2.05, 4.69) is 10.2 Å². The van der Waals surface area contributed by atoms with E-state index in [9.17, 15) is 33.8 Å². The van der Waals surface area contributed by atoms with Gasteiger partial charge in [0, 0.05) is 42.7 Å². The summed E-state index contributed by atoms with van der Waals surface area (Å²) in [5, 5.41) is 28.2. The van der Waals surface area contributed by atoms with Crippen molar-refractivity contribution in [1.29, 1.82) is 0 Å². The lowest BCUT2D eigenvalue weighted by atomic mass is 9.98. The summed E-state index contributed by atoms with van der Waals surface area (Å²) in [6.45, 7) is 4.07. The van der Waals surface area contributed by atoms with Crippen molar-refractivity contribution in [2.24, 2.45) is 5.73 Å². The highest BCUT2D eigenvalue weighted by Gasteiger charge is 2.20. The van der Waals surface area contributed by atoms with Gasteiger partial charge in [0.25, 0.3) is 5.56 Å². The van der Waals surface area contributed by atoms with Gasteiger partial charge >= 0.3 is 11.4 Å². The number of nitrogens with zero attached hydrogens (tertiary/aromatic N) is 5. The molecule has 236 valence electrons. The summed E-state index contributed by atoms with van der Waals surface area (Å²) in [7, 11) is 0. The standard InChI is InChI=1S/C30H32FN7O7/c1-17(2)20-14-21(25(40)15-24(20)39)27-33-34-29(43)38(27)19-3-4-23-18(13-19)5-7-35(23)9-11-45-12-10-37-28(42)22(31)16-36(30(37)44)8-6-26(32)41/h3-5,7,13-17,39-40H,6,8-12H2,1-2H3,(H2,32,41)(H,34,43). The number of halogens is 1. The molecule has 0 unspecified atom stereocenters. The van der Waals surface area contributed by atoms with Gasteiger partial charge in [0.2, 0.25) is 11.7 Å². The molecular formula is C30H32FN7O7. The van der Waals surface area contributed by atoms with Crippen molar-refractivity contribution in [1.82, 2.24) is 28.5 Å². The van der Waals surface area contributed by atoms with Crippen LogP contribution in [0.25, 0.3) is 28.0 Å². The number of nitrogens with two attached hydrogens (primary N) is 1. The second-order valence-corrected chi connectivity index (χ2v) is 10.8. The number of aromatic amines is 1. The fourth-order valence-electron chi connectivity index (χ4n) is 5.10. The molecule has 0 spiro atoms. The molecule has 0 aliphatic carbocycles. The van der Waals surface area contributed by atoms with Crippen LogP contribution in [0.2, 0.25) is 0 Å². The Balaban J connectivity index is 1.29. The van der Waals surface area contributed by atoms with E-state index in [1.165, 1.54) is 10.6 Å². The van der Waals surface area contributed by atoms with Crippen LogP contribution in [0.15, 0.2) is 63.2 Å². The number of benzene rings is 2. The van der Waals surface area contributed by atoms with Gasteiger partial charge in [0.1, 0.15) is 11.5 Å². The largest absolute Gasteiger partial charge is 0.508 e. The number of aromatic nitrogens is 6. The highest BCUT2D eigenvalue weighted by molar-refractivity contribution is 5.83. The third kappa shape index (κ3) is 6.28. The third-order valence-electron chi connectivity index (χ3n) is 7.42. The lowest BCUT2D eigenvalue weighted by Crippen LogP contribution is -2.42. The number of nitrogens with one attached hydrogen (secondary N) is 1. The van der Waals surface area contributed by atoms with E-state index in [4.69, 9.17) is 10.5 Å². The van der Waals surface area contributed by atoms with Crippen molar-refractivity contribution in [3.05, 3.63) is 91.5 Å². The Bertz CT molecular complexity index is 2070. The molecule has 14 nitrogen and oxygen atoms in total. The van der Waals surface area contributed by atoms with Crippen LogP contribution in [0.5, 0.6) is 11.5 Å². The van der Waals surface area contributed by atoms with E-state index in [1.807, 2.05) is 36.7 Å². The summed E-state index contributed by atoms with van der Waals surface area (Å²) in [5.41, 5.74) is 4.98. The summed E-state index contributed by atoms with van der Waals surface area (Å²) in [6, 6.07) is 10.1. The number of phenols is 2. The van der Waals surface area contributed by atoms with E-state index < -0.39 is 28.7 Å². The first kappa shape index (κ1) is 31.0. The van der Waals surface area contributed by atoms with Crippen LogP contribution in [0.4, 0.5) is 4.39 Å². The number of H-pyrrole nitrogens is 1. The molecule has 0 atom stereocenters. The predicted octanol–water partition coefficient (Wildman–Crippen LogP) is 1.77. The second kappa shape index (κ2) is 12.7. The van der Waals surface area contributed by atoms with Crippen molar-refractivity contribution in [2.45, 2.75) is 45.8 Å². The molecule has 45 heavy (non-hydrogen) atoms. The Hall–Kier alpha value is -5.44. The molecule has 0 radical (unpaired) electrons. The number of rotatable bonds is 12. The quantitative estimate of drug-likeness (QED) is 0.151. The molecular weight excluding hydrogens is 589 g/mol. The van der Waals surface area contributed by atoms with Gasteiger partial charge in [-0.05, 0) is 41.8 Å². The maximum atomic E-state index is 14.1. The minimum Gasteiger partial charge on any atom is -0.508 e. The van der Waals surface area contributed by atoms with Gasteiger partial charge in [0.05, 0.1) is 37.2 Å². The molecule has 3 aromatic heterocycles. The Labute approximate surface area is 254 Å². The highest BCUT2D eigenvalue weighted by Crippen LogP contribution is 2.37. The zero-order chi connectivity index (χ0) is 32.4. The van der Waals surface area contributed by atoms with Gasteiger partial charge in [-0.15, -0.1) is 0 Å². The fraction of sp³-hybridized carbons (Fsp3) is 0.300. The van der Waals surface area contributed by atoms with Crippen molar-refractivity contribution in [3.63, 3.8) is 0 Å². The van der Waals surface area contributed by atoms with Crippen molar-refractivity contribution >= 4 is 16.8 Å². The molecule has 0 aliphatic heterocycles. The van der Waals surface area contributed by atoms with Gasteiger partial charge in [-0.25, -0.2) is 19.3 Å². The Kier molecular flexibility index (Phi) is 8.72. The number of aromatic hydroxyl groups is 2. The number of fused-ring (bicyclic) bond motifs is 1.